The number of nitrogens with zero attached hydrogens (tertiary/aromatic N) is 1. The van der Waals surface area contributed by atoms with E-state index in [1.807, 2.05) is 0 Å². The van der Waals surface area contributed by atoms with E-state index < -0.39 is 11.7 Å². The van der Waals surface area contributed by atoms with Gasteiger partial charge in [0.1, 0.15) is 0 Å². The van der Waals surface area contributed by atoms with Gasteiger partial charge in [0.2, 0.25) is 5.78 Å². The molecular formula is C12H12ClNO3. The molecule has 1 aromatic carbocycles. The summed E-state index contributed by atoms with van der Waals surface area (Å²) in [6.45, 7) is 0.330. The number of hydrogen-bond donors (Lipinski definition) is 1. The Labute approximate surface area is 104 Å². The average molecular weight is 254 g/mol. The van der Waals surface area contributed by atoms with Crippen molar-refractivity contribution < 1.29 is 14.7 Å². The predicted octanol–water partition coefficient (Wildman–Crippen LogP) is 1.18. The van der Waals surface area contributed by atoms with Crippen LogP contribution in [-0.4, -0.2) is 29.9 Å². The van der Waals surface area contributed by atoms with Gasteiger partial charge in [-0.2, -0.15) is 0 Å². The average Bonchev–Trinajstić information content (AvgIpc) is 2.30. The van der Waals surface area contributed by atoms with Crippen LogP contribution in [0, 0.1) is 0 Å². The highest BCUT2D eigenvalue weighted by molar-refractivity contribution is 6.43. The van der Waals surface area contributed by atoms with Crippen LogP contribution in [0.15, 0.2) is 18.2 Å². The van der Waals surface area contributed by atoms with E-state index in [1.54, 1.807) is 18.2 Å². The SMILES string of the molecule is O=C1Cc2cc(Cl)ccc2N(CCCO)C1=O. The molecule has 0 saturated carbocycles. The number of carbonyl (C=O) groups excluding carboxylic acids is 2. The van der Waals surface area contributed by atoms with Gasteiger partial charge in [-0.3, -0.25) is 9.59 Å². The van der Waals surface area contributed by atoms with Gasteiger partial charge < -0.3 is 10.0 Å². The lowest BCUT2D eigenvalue weighted by atomic mass is 10.00. The number of rotatable bonds is 3. The Kier molecular flexibility index (Phi) is 3.45. The van der Waals surface area contributed by atoms with Crippen LogP contribution in [0.2, 0.25) is 5.02 Å². The van der Waals surface area contributed by atoms with Crippen LogP contribution >= 0.6 is 11.6 Å². The first-order valence-electron chi connectivity index (χ1n) is 5.37. The summed E-state index contributed by atoms with van der Waals surface area (Å²) >= 11 is 5.86. The zero-order valence-electron chi connectivity index (χ0n) is 9.15. The maximum atomic E-state index is 11.7. The largest absolute Gasteiger partial charge is 0.396 e. The first kappa shape index (κ1) is 12.1. The van der Waals surface area contributed by atoms with Crippen LogP contribution in [0.25, 0.3) is 0 Å². The highest BCUT2D eigenvalue weighted by Crippen LogP contribution is 2.29. The van der Waals surface area contributed by atoms with Gasteiger partial charge in [-0.25, -0.2) is 0 Å². The first-order valence-corrected chi connectivity index (χ1v) is 5.75. The van der Waals surface area contributed by atoms with E-state index in [1.165, 1.54) is 4.90 Å². The second-order valence-electron chi connectivity index (χ2n) is 3.91. The molecule has 0 aromatic heterocycles. The molecule has 1 aromatic rings. The van der Waals surface area contributed by atoms with Gasteiger partial charge in [-0.1, -0.05) is 11.6 Å². The van der Waals surface area contributed by atoms with Crippen molar-refractivity contribution in [2.75, 3.05) is 18.1 Å². The first-order chi connectivity index (χ1) is 8.13. The lowest BCUT2D eigenvalue weighted by molar-refractivity contribution is -0.136. The molecular weight excluding hydrogens is 242 g/mol. The molecule has 1 N–H and O–H groups in total. The molecule has 0 spiro atoms. The molecule has 4 nitrogen and oxygen atoms in total. The smallest absolute Gasteiger partial charge is 0.294 e. The third-order valence-corrected chi connectivity index (χ3v) is 2.94. The van der Waals surface area contributed by atoms with Crippen LogP contribution in [-0.2, 0) is 16.0 Å². The number of aliphatic hydroxyl groups is 1. The lowest BCUT2D eigenvalue weighted by Gasteiger charge is -2.28. The monoisotopic (exact) mass is 253 g/mol. The zero-order chi connectivity index (χ0) is 12.4. The summed E-state index contributed by atoms with van der Waals surface area (Å²) in [5.74, 6) is -0.939. The summed E-state index contributed by atoms with van der Waals surface area (Å²) in [4.78, 5) is 24.7. The Morgan fingerprint density at radius 3 is 2.82 bits per heavy atom. The molecule has 0 saturated heterocycles. The third kappa shape index (κ3) is 2.33. The topological polar surface area (TPSA) is 57.6 Å². The molecule has 0 bridgehead atoms. The summed E-state index contributed by atoms with van der Waals surface area (Å²) in [7, 11) is 0. The van der Waals surface area contributed by atoms with Crippen molar-refractivity contribution in [1.82, 2.24) is 0 Å². The van der Waals surface area contributed by atoms with Crippen LogP contribution < -0.4 is 4.90 Å². The van der Waals surface area contributed by atoms with E-state index in [0.29, 0.717) is 23.7 Å². The molecule has 5 heteroatoms. The Morgan fingerprint density at radius 1 is 1.35 bits per heavy atom. The van der Waals surface area contributed by atoms with Crippen LogP contribution in [0.4, 0.5) is 5.69 Å². The van der Waals surface area contributed by atoms with E-state index in [4.69, 9.17) is 16.7 Å². The fraction of sp³-hybridized carbons (Fsp3) is 0.333. The number of hydrogen-bond acceptors (Lipinski definition) is 3. The second-order valence-corrected chi connectivity index (χ2v) is 4.34. The van der Waals surface area contributed by atoms with Gasteiger partial charge in [0, 0.05) is 30.3 Å². The van der Waals surface area contributed by atoms with Gasteiger partial charge in [-0.15, -0.1) is 0 Å². The Bertz CT molecular complexity index is 473. The number of amides is 1. The molecule has 1 aliphatic rings. The van der Waals surface area contributed by atoms with Gasteiger partial charge >= 0.3 is 0 Å². The van der Waals surface area contributed by atoms with Gasteiger partial charge in [0.25, 0.3) is 5.91 Å². The molecule has 1 amide bonds. The van der Waals surface area contributed by atoms with Crippen molar-refractivity contribution in [2.24, 2.45) is 0 Å². The highest BCUT2D eigenvalue weighted by atomic mass is 35.5. The minimum absolute atomic E-state index is 0.0130. The number of anilines is 1. The molecule has 0 atom stereocenters. The normalized spacial score (nSPS) is 15.1. The Morgan fingerprint density at radius 2 is 2.12 bits per heavy atom. The fourth-order valence-electron chi connectivity index (χ4n) is 1.92. The Hall–Kier alpha value is -1.39. The van der Waals surface area contributed by atoms with E-state index in [9.17, 15) is 9.59 Å². The second kappa shape index (κ2) is 4.85. The number of halogens is 1. The highest BCUT2D eigenvalue weighted by Gasteiger charge is 2.30. The predicted molar refractivity (Wildman–Crippen MR) is 64.2 cm³/mol. The fourth-order valence-corrected chi connectivity index (χ4v) is 2.11. The number of Topliss-reactive ketones (excluding diaryl/α,β-unsaturated/α-hetero) is 1. The van der Waals surface area contributed by atoms with Crippen LogP contribution in [0.3, 0.4) is 0 Å². The summed E-state index contributed by atoms with van der Waals surface area (Å²) < 4.78 is 0. The molecule has 0 unspecified atom stereocenters. The van der Waals surface area contributed by atoms with Gasteiger partial charge in [-0.05, 0) is 30.2 Å². The zero-order valence-corrected chi connectivity index (χ0v) is 9.91. The number of carbonyl (C=O) groups is 2. The maximum absolute atomic E-state index is 11.7. The van der Waals surface area contributed by atoms with E-state index in [-0.39, 0.29) is 13.0 Å². The van der Waals surface area contributed by atoms with Crippen molar-refractivity contribution in [3.8, 4) is 0 Å². The number of benzene rings is 1. The van der Waals surface area contributed by atoms with E-state index >= 15 is 0 Å². The molecule has 2 rings (SSSR count). The van der Waals surface area contributed by atoms with Crippen LogP contribution in [0.5, 0.6) is 0 Å². The van der Waals surface area contributed by atoms with Crippen molar-refractivity contribution >= 4 is 29.0 Å². The van der Waals surface area contributed by atoms with Crippen molar-refractivity contribution in [3.63, 3.8) is 0 Å². The molecule has 0 fully saturated rings. The molecule has 1 aliphatic heterocycles. The molecule has 0 aliphatic carbocycles. The van der Waals surface area contributed by atoms with Gasteiger partial charge in [0.05, 0.1) is 0 Å². The van der Waals surface area contributed by atoms with E-state index in [2.05, 4.69) is 0 Å². The number of ketones is 1. The molecule has 17 heavy (non-hydrogen) atoms. The summed E-state index contributed by atoms with van der Waals surface area (Å²) in [6, 6.07) is 5.13. The van der Waals surface area contributed by atoms with Crippen molar-refractivity contribution in [2.45, 2.75) is 12.8 Å². The minimum atomic E-state index is -0.506. The summed E-state index contributed by atoms with van der Waals surface area (Å²) in [6.07, 6.45) is 0.547. The quantitative estimate of drug-likeness (QED) is 0.823. The summed E-state index contributed by atoms with van der Waals surface area (Å²) in [5.41, 5.74) is 1.48. The van der Waals surface area contributed by atoms with Gasteiger partial charge in [0.15, 0.2) is 0 Å². The van der Waals surface area contributed by atoms with Crippen molar-refractivity contribution in [3.05, 3.63) is 28.8 Å². The standard InChI is InChI=1S/C12H12ClNO3/c13-9-2-3-10-8(6-9)7-11(16)12(17)14(10)4-1-5-15/h2-3,6,15H,1,4-5,7H2. The van der Waals surface area contributed by atoms with Crippen molar-refractivity contribution in [1.29, 1.82) is 0 Å². The molecule has 1 heterocycles. The molecule has 90 valence electrons. The number of fused-ring (bicyclic) bond motifs is 1. The maximum Gasteiger partial charge on any atom is 0.294 e. The van der Waals surface area contributed by atoms with E-state index in [0.717, 1.165) is 5.56 Å². The summed E-state index contributed by atoms with van der Waals surface area (Å²) in [5, 5.41) is 9.35. The molecule has 0 radical (unpaired) electrons. The minimum Gasteiger partial charge on any atom is -0.396 e. The Balaban J connectivity index is 2.38. The van der Waals surface area contributed by atoms with Crippen LogP contribution in [0.1, 0.15) is 12.0 Å². The lowest BCUT2D eigenvalue weighted by Crippen LogP contribution is -2.42. The number of aliphatic hydroxyl groups excluding tert-OH is 1. The third-order valence-electron chi connectivity index (χ3n) is 2.71.